The van der Waals surface area contributed by atoms with Crippen molar-refractivity contribution in [2.75, 3.05) is 11.8 Å². The molecule has 2 heterocycles. The summed E-state index contributed by atoms with van der Waals surface area (Å²) in [5, 5.41) is 12.9. The topological polar surface area (TPSA) is 79.6 Å². The molecule has 0 bridgehead atoms. The van der Waals surface area contributed by atoms with Crippen LogP contribution in [-0.4, -0.2) is 28.0 Å². The van der Waals surface area contributed by atoms with Crippen molar-refractivity contribution >= 4 is 23.5 Å². The summed E-state index contributed by atoms with van der Waals surface area (Å²) in [6, 6.07) is 15.8. The Labute approximate surface area is 181 Å². The van der Waals surface area contributed by atoms with Crippen molar-refractivity contribution in [3.05, 3.63) is 77.7 Å². The van der Waals surface area contributed by atoms with Crippen molar-refractivity contribution in [1.29, 1.82) is 0 Å². The van der Waals surface area contributed by atoms with Crippen LogP contribution in [0.25, 0.3) is 0 Å². The van der Waals surface area contributed by atoms with Gasteiger partial charge in [0.05, 0.1) is 18.5 Å². The van der Waals surface area contributed by atoms with Gasteiger partial charge in [0.2, 0.25) is 0 Å². The van der Waals surface area contributed by atoms with E-state index in [1.807, 2.05) is 18.2 Å². The van der Waals surface area contributed by atoms with Crippen LogP contribution < -0.4 is 9.46 Å². The van der Waals surface area contributed by atoms with Crippen molar-refractivity contribution in [1.82, 2.24) is 9.97 Å². The number of pyridine rings is 2. The Morgan fingerprint density at radius 1 is 1.13 bits per heavy atom. The smallest absolute Gasteiger partial charge is 0.140 e. The van der Waals surface area contributed by atoms with Crippen LogP contribution >= 0.6 is 11.9 Å². The molecule has 2 N–H and O–H groups in total. The molecule has 0 aliphatic rings. The van der Waals surface area contributed by atoms with Gasteiger partial charge < -0.3 is 14.7 Å². The Morgan fingerprint density at radius 2 is 1.90 bits per heavy atom. The fraction of sp³-hybridized carbons (Fsp3) is 0.261. The monoisotopic (exact) mass is 422 g/mol. The molecule has 3 aromatic rings. The van der Waals surface area contributed by atoms with Crippen molar-refractivity contribution in [2.24, 2.45) is 5.16 Å². The number of ether oxygens (including phenoxy) is 1. The van der Waals surface area contributed by atoms with E-state index in [0.29, 0.717) is 29.4 Å². The van der Waals surface area contributed by atoms with Gasteiger partial charge in [0, 0.05) is 29.3 Å². The number of oxime groups is 1. The Hall–Kier alpha value is -3.06. The van der Waals surface area contributed by atoms with Gasteiger partial charge >= 0.3 is 0 Å². The van der Waals surface area contributed by atoms with E-state index in [1.165, 1.54) is 17.5 Å². The summed E-state index contributed by atoms with van der Waals surface area (Å²) >= 11 is 1.49. The first-order valence-electron chi connectivity index (χ1n) is 9.59. The first kappa shape index (κ1) is 21.6. The quantitative estimate of drug-likeness (QED) is 0.232. The highest BCUT2D eigenvalue weighted by atomic mass is 32.2. The summed E-state index contributed by atoms with van der Waals surface area (Å²) in [6.45, 7) is 6.60. The lowest BCUT2D eigenvalue weighted by Crippen LogP contribution is -2.10. The Balaban J connectivity index is 1.74. The number of rotatable bonds is 7. The van der Waals surface area contributed by atoms with Gasteiger partial charge in [-0.25, -0.2) is 4.98 Å². The normalized spacial score (nSPS) is 11.9. The number of nitrogens with zero attached hydrogens (tertiary/aromatic N) is 3. The molecular formula is C23H26N4O2S. The Kier molecular flexibility index (Phi) is 6.95. The third-order valence-corrected chi connectivity index (χ3v) is 5.42. The molecule has 0 saturated heterocycles. The zero-order valence-corrected chi connectivity index (χ0v) is 18.4. The number of anilines is 1. The Morgan fingerprint density at radius 3 is 2.50 bits per heavy atom. The molecule has 0 fully saturated rings. The van der Waals surface area contributed by atoms with Gasteiger partial charge in [0.15, 0.2) is 0 Å². The maximum Gasteiger partial charge on any atom is 0.140 e. The summed E-state index contributed by atoms with van der Waals surface area (Å²) in [5.74, 6) is 1.32. The molecule has 0 aliphatic heterocycles. The fourth-order valence-electron chi connectivity index (χ4n) is 2.88. The van der Waals surface area contributed by atoms with E-state index in [1.54, 1.807) is 25.6 Å². The fourth-order valence-corrected chi connectivity index (χ4v) is 3.49. The van der Waals surface area contributed by atoms with Crippen LogP contribution in [0.1, 0.15) is 37.6 Å². The second-order valence-corrected chi connectivity index (χ2v) is 8.67. The van der Waals surface area contributed by atoms with E-state index < -0.39 is 0 Å². The van der Waals surface area contributed by atoms with Crippen LogP contribution in [0.3, 0.4) is 0 Å². The van der Waals surface area contributed by atoms with E-state index in [4.69, 9.17) is 4.74 Å². The van der Waals surface area contributed by atoms with E-state index in [2.05, 4.69) is 64.9 Å². The van der Waals surface area contributed by atoms with Crippen LogP contribution in [0.2, 0.25) is 0 Å². The summed E-state index contributed by atoms with van der Waals surface area (Å²) < 4.78 is 8.72. The summed E-state index contributed by atoms with van der Waals surface area (Å²) in [6.07, 6.45) is 3.64. The number of hydrogen-bond acceptors (Lipinski definition) is 7. The molecule has 2 aromatic heterocycles. The predicted octanol–water partition coefficient (Wildman–Crippen LogP) is 5.32. The second kappa shape index (κ2) is 9.63. The number of methoxy groups -OCH3 is 1. The highest BCUT2D eigenvalue weighted by Crippen LogP contribution is 2.27. The minimum atomic E-state index is 0.128. The number of hydrogen-bond donors (Lipinski definition) is 2. The largest absolute Gasteiger partial charge is 0.495 e. The van der Waals surface area contributed by atoms with E-state index in [9.17, 15) is 5.21 Å². The molecule has 0 spiro atoms. The van der Waals surface area contributed by atoms with Gasteiger partial charge in [0.1, 0.15) is 11.6 Å². The number of benzene rings is 1. The molecule has 7 heteroatoms. The molecule has 0 amide bonds. The Bertz CT molecular complexity index is 1000. The van der Waals surface area contributed by atoms with E-state index in [0.717, 1.165) is 10.5 Å². The highest BCUT2D eigenvalue weighted by Gasteiger charge is 2.14. The van der Waals surface area contributed by atoms with Gasteiger partial charge in [-0.15, -0.1) is 0 Å². The molecule has 0 saturated carbocycles. The molecule has 0 unspecified atom stereocenters. The van der Waals surface area contributed by atoms with Gasteiger partial charge in [0.25, 0.3) is 0 Å². The summed E-state index contributed by atoms with van der Waals surface area (Å²) in [5.41, 5.74) is 3.29. The average molecular weight is 423 g/mol. The summed E-state index contributed by atoms with van der Waals surface area (Å²) in [4.78, 5) is 9.83. The third-order valence-electron chi connectivity index (χ3n) is 4.60. The lowest BCUT2D eigenvalue weighted by molar-refractivity contribution is 0.318. The maximum atomic E-state index is 9.48. The molecule has 30 heavy (non-hydrogen) atoms. The maximum absolute atomic E-state index is 9.48. The van der Waals surface area contributed by atoms with Crippen LogP contribution in [0.5, 0.6) is 5.75 Å². The van der Waals surface area contributed by atoms with Gasteiger partial charge in [-0.3, -0.25) is 4.98 Å². The van der Waals surface area contributed by atoms with E-state index in [-0.39, 0.29) is 5.41 Å². The molecule has 0 atom stereocenters. The highest BCUT2D eigenvalue weighted by molar-refractivity contribution is 8.00. The molecule has 3 rings (SSSR count). The van der Waals surface area contributed by atoms with Crippen molar-refractivity contribution in [3.63, 3.8) is 0 Å². The third kappa shape index (κ3) is 5.51. The zero-order valence-electron chi connectivity index (χ0n) is 17.6. The predicted molar refractivity (Wildman–Crippen MR) is 122 cm³/mol. The van der Waals surface area contributed by atoms with Crippen LogP contribution in [0, 0.1) is 0 Å². The molecule has 0 aliphatic carbocycles. The molecule has 6 nitrogen and oxygen atoms in total. The first-order chi connectivity index (χ1) is 14.4. The van der Waals surface area contributed by atoms with Crippen molar-refractivity contribution in [3.8, 4) is 5.75 Å². The first-order valence-corrected chi connectivity index (χ1v) is 10.4. The van der Waals surface area contributed by atoms with Crippen molar-refractivity contribution < 1.29 is 9.94 Å². The average Bonchev–Trinajstić information content (AvgIpc) is 2.76. The van der Waals surface area contributed by atoms with Gasteiger partial charge in [-0.05, 0) is 59.3 Å². The van der Waals surface area contributed by atoms with Crippen LogP contribution in [0.15, 0.2) is 71.0 Å². The summed E-state index contributed by atoms with van der Waals surface area (Å²) in [7, 11) is 1.60. The van der Waals surface area contributed by atoms with Crippen LogP contribution in [-0.2, 0) is 11.8 Å². The minimum Gasteiger partial charge on any atom is -0.495 e. The molecule has 1 aromatic carbocycles. The van der Waals surface area contributed by atoms with Gasteiger partial charge in [-0.1, -0.05) is 38.1 Å². The van der Waals surface area contributed by atoms with Crippen LogP contribution in [0.4, 0.5) is 5.82 Å². The number of aromatic nitrogens is 2. The molecule has 156 valence electrons. The number of nitrogens with one attached hydrogen (secondary N) is 1. The lowest BCUT2D eigenvalue weighted by atomic mass is 9.87. The molecule has 0 radical (unpaired) electrons. The standard InChI is InChI=1S/C23H26N4O2S/c1-23(2,3)17-7-9-18(10-8-17)30-27-22-12-11-21(29-4)20(25-22)14-19(26-28)16-6-5-13-24-15-16/h5-13,15,28H,14H2,1-4H3,(H,25,27)/b26-19-. The van der Waals surface area contributed by atoms with Gasteiger partial charge in [-0.2, -0.15) is 0 Å². The minimum absolute atomic E-state index is 0.128. The second-order valence-electron chi connectivity index (χ2n) is 7.79. The zero-order chi connectivity index (χ0) is 21.6. The molecular weight excluding hydrogens is 396 g/mol. The van der Waals surface area contributed by atoms with Crippen molar-refractivity contribution in [2.45, 2.75) is 37.5 Å². The SMILES string of the molecule is COc1ccc(NSc2ccc(C(C)(C)C)cc2)nc1C/C(=N/O)c1cccnc1. The lowest BCUT2D eigenvalue weighted by Gasteiger charge is -2.19. The van der Waals surface area contributed by atoms with E-state index >= 15 is 0 Å².